The van der Waals surface area contributed by atoms with E-state index in [2.05, 4.69) is 10.0 Å². The van der Waals surface area contributed by atoms with E-state index in [0.29, 0.717) is 22.2 Å². The van der Waals surface area contributed by atoms with Crippen molar-refractivity contribution in [3.8, 4) is 11.5 Å². The van der Waals surface area contributed by atoms with Gasteiger partial charge in [0.2, 0.25) is 5.91 Å². The van der Waals surface area contributed by atoms with Crippen LogP contribution in [0.4, 0.5) is 11.4 Å². The van der Waals surface area contributed by atoms with Crippen LogP contribution < -0.4 is 19.5 Å². The fourth-order valence-corrected chi connectivity index (χ4v) is 4.88. The van der Waals surface area contributed by atoms with E-state index in [4.69, 9.17) is 21.1 Å². The molecule has 2 N–H and O–H groups in total. The van der Waals surface area contributed by atoms with E-state index >= 15 is 0 Å². The summed E-state index contributed by atoms with van der Waals surface area (Å²) < 4.78 is 38.5. The molecule has 0 unspecified atom stereocenters. The maximum absolute atomic E-state index is 12.8. The molecular formula is C23H23ClN2O5S2. The van der Waals surface area contributed by atoms with Crippen molar-refractivity contribution in [3.05, 3.63) is 71.8 Å². The molecule has 3 aromatic carbocycles. The predicted molar refractivity (Wildman–Crippen MR) is 132 cm³/mol. The van der Waals surface area contributed by atoms with E-state index in [-0.39, 0.29) is 21.7 Å². The molecule has 0 spiro atoms. The molecule has 3 aromatic rings. The number of thioether (sulfide) groups is 1. The van der Waals surface area contributed by atoms with E-state index in [1.54, 1.807) is 31.2 Å². The zero-order valence-electron chi connectivity index (χ0n) is 18.2. The molecule has 0 saturated carbocycles. The summed E-state index contributed by atoms with van der Waals surface area (Å²) in [6.45, 7) is 1.79. The molecule has 0 heterocycles. The molecule has 3 rings (SSSR count). The zero-order chi connectivity index (χ0) is 24.0. The molecule has 7 nitrogen and oxygen atoms in total. The summed E-state index contributed by atoms with van der Waals surface area (Å²) in [6.07, 6.45) is 0. The highest BCUT2D eigenvalue weighted by Crippen LogP contribution is 2.31. The first-order valence-electron chi connectivity index (χ1n) is 9.80. The number of sulfonamides is 1. The van der Waals surface area contributed by atoms with Gasteiger partial charge in [0, 0.05) is 21.7 Å². The Hall–Kier alpha value is -2.88. The van der Waals surface area contributed by atoms with Crippen molar-refractivity contribution in [2.24, 2.45) is 0 Å². The smallest absolute Gasteiger partial charge is 0.262 e. The van der Waals surface area contributed by atoms with Crippen LogP contribution >= 0.6 is 23.4 Å². The zero-order valence-corrected chi connectivity index (χ0v) is 20.6. The van der Waals surface area contributed by atoms with Crippen molar-refractivity contribution in [2.45, 2.75) is 22.0 Å². The molecule has 1 amide bonds. The van der Waals surface area contributed by atoms with Crippen molar-refractivity contribution < 1.29 is 22.7 Å². The molecule has 0 aliphatic heterocycles. The topological polar surface area (TPSA) is 93.7 Å². The SMILES string of the molecule is COc1ccc(OC)c(NS(=O)(=O)c2ccc(NC(=O)[C@H](C)Sc3ccc(Cl)cc3)cc2)c1. The van der Waals surface area contributed by atoms with Crippen LogP contribution in [0.25, 0.3) is 0 Å². The average Bonchev–Trinajstić information content (AvgIpc) is 2.80. The Morgan fingerprint density at radius 2 is 1.64 bits per heavy atom. The summed E-state index contributed by atoms with van der Waals surface area (Å²) in [5.74, 6) is 0.636. The van der Waals surface area contributed by atoms with Crippen molar-refractivity contribution in [2.75, 3.05) is 24.3 Å². The number of methoxy groups -OCH3 is 2. The summed E-state index contributed by atoms with van der Waals surface area (Å²) in [4.78, 5) is 13.5. The largest absolute Gasteiger partial charge is 0.497 e. The van der Waals surface area contributed by atoms with Gasteiger partial charge in [-0.25, -0.2) is 8.42 Å². The summed E-state index contributed by atoms with van der Waals surface area (Å²) in [7, 11) is -0.954. The highest BCUT2D eigenvalue weighted by atomic mass is 35.5. The highest BCUT2D eigenvalue weighted by Gasteiger charge is 2.19. The Balaban J connectivity index is 1.67. The molecule has 0 saturated heterocycles. The molecule has 0 bridgehead atoms. The van der Waals surface area contributed by atoms with E-state index in [1.807, 2.05) is 12.1 Å². The Labute approximate surface area is 202 Å². The molecule has 174 valence electrons. The Bertz CT molecular complexity index is 1220. The standard InChI is InChI=1S/C23H23ClN2O5S2/c1-15(32-19-9-4-16(24)5-10-19)23(27)25-17-6-11-20(12-7-17)33(28,29)26-21-14-18(30-2)8-13-22(21)31-3/h4-15,26H,1-3H3,(H,25,27)/t15-/m0/s1. The first-order valence-corrected chi connectivity index (χ1v) is 12.5. The molecule has 0 aromatic heterocycles. The van der Waals surface area contributed by atoms with Gasteiger partial charge in [0.1, 0.15) is 11.5 Å². The van der Waals surface area contributed by atoms with Crippen LogP contribution in [0.15, 0.2) is 76.5 Å². The Morgan fingerprint density at radius 3 is 2.24 bits per heavy atom. The number of amides is 1. The minimum Gasteiger partial charge on any atom is -0.497 e. The van der Waals surface area contributed by atoms with Crippen LogP contribution in [0.1, 0.15) is 6.92 Å². The average molecular weight is 507 g/mol. The number of nitrogens with one attached hydrogen (secondary N) is 2. The van der Waals surface area contributed by atoms with Crippen molar-refractivity contribution in [1.29, 1.82) is 0 Å². The normalized spacial score (nSPS) is 12.0. The quantitative estimate of drug-likeness (QED) is 0.384. The first kappa shape index (κ1) is 24.8. The van der Waals surface area contributed by atoms with E-state index in [9.17, 15) is 13.2 Å². The van der Waals surface area contributed by atoms with E-state index < -0.39 is 10.0 Å². The van der Waals surface area contributed by atoms with Crippen molar-refractivity contribution in [1.82, 2.24) is 0 Å². The number of ether oxygens (including phenoxy) is 2. The first-order chi connectivity index (χ1) is 15.7. The summed E-state index contributed by atoms with van der Waals surface area (Å²) >= 11 is 7.29. The second-order valence-electron chi connectivity index (χ2n) is 6.90. The number of carbonyl (C=O) groups excluding carboxylic acids is 1. The van der Waals surface area contributed by atoms with Gasteiger partial charge in [-0.3, -0.25) is 9.52 Å². The van der Waals surface area contributed by atoms with Crippen LogP contribution in [0.3, 0.4) is 0 Å². The number of rotatable bonds is 9. The maximum atomic E-state index is 12.8. The number of carbonyl (C=O) groups is 1. The third-order valence-corrected chi connectivity index (χ3v) is 7.32. The minimum atomic E-state index is -3.89. The molecule has 1 atom stereocenters. The number of anilines is 2. The molecule has 33 heavy (non-hydrogen) atoms. The van der Waals surface area contributed by atoms with E-state index in [1.165, 1.54) is 56.3 Å². The molecule has 10 heteroatoms. The van der Waals surface area contributed by atoms with Crippen LogP contribution in [-0.4, -0.2) is 33.8 Å². The Kier molecular flexibility index (Phi) is 8.12. The summed E-state index contributed by atoms with van der Waals surface area (Å²) in [5.41, 5.74) is 0.740. The molecule has 0 fully saturated rings. The second-order valence-corrected chi connectivity index (χ2v) is 10.4. The van der Waals surface area contributed by atoms with Gasteiger partial charge < -0.3 is 14.8 Å². The van der Waals surface area contributed by atoms with Crippen LogP contribution in [0.2, 0.25) is 5.02 Å². The van der Waals surface area contributed by atoms with Gasteiger partial charge in [-0.1, -0.05) is 11.6 Å². The third-order valence-electron chi connectivity index (χ3n) is 4.58. The summed E-state index contributed by atoms with van der Waals surface area (Å²) in [5, 5.41) is 3.06. The van der Waals surface area contributed by atoms with Crippen LogP contribution in [0, 0.1) is 0 Å². The molecule has 0 aliphatic rings. The highest BCUT2D eigenvalue weighted by molar-refractivity contribution is 8.00. The second kappa shape index (κ2) is 10.8. The lowest BCUT2D eigenvalue weighted by molar-refractivity contribution is -0.115. The lowest BCUT2D eigenvalue weighted by atomic mass is 10.3. The fraction of sp³-hybridized carbons (Fsp3) is 0.174. The van der Waals surface area contributed by atoms with Crippen molar-refractivity contribution in [3.63, 3.8) is 0 Å². The number of hydrogen-bond donors (Lipinski definition) is 2. The van der Waals surface area contributed by atoms with Gasteiger partial charge in [-0.15, -0.1) is 11.8 Å². The number of halogens is 1. The van der Waals surface area contributed by atoms with Gasteiger partial charge in [-0.2, -0.15) is 0 Å². The fourth-order valence-electron chi connectivity index (χ4n) is 2.83. The lowest BCUT2D eigenvalue weighted by Gasteiger charge is -2.14. The minimum absolute atomic E-state index is 0.0361. The molecule has 0 aliphatic carbocycles. The summed E-state index contributed by atoms with van der Waals surface area (Å²) in [6, 6.07) is 17.9. The predicted octanol–water partition coefficient (Wildman–Crippen LogP) is 5.28. The molecular weight excluding hydrogens is 484 g/mol. The maximum Gasteiger partial charge on any atom is 0.262 e. The lowest BCUT2D eigenvalue weighted by Crippen LogP contribution is -2.22. The van der Waals surface area contributed by atoms with Crippen molar-refractivity contribution >= 4 is 50.7 Å². The number of benzene rings is 3. The van der Waals surface area contributed by atoms with Gasteiger partial charge >= 0.3 is 0 Å². The van der Waals surface area contributed by atoms with Crippen LogP contribution in [0.5, 0.6) is 11.5 Å². The Morgan fingerprint density at radius 1 is 0.970 bits per heavy atom. The van der Waals surface area contributed by atoms with Gasteiger partial charge in [0.05, 0.1) is 30.1 Å². The molecule has 0 radical (unpaired) electrons. The van der Waals surface area contributed by atoms with Gasteiger partial charge in [0.15, 0.2) is 0 Å². The number of hydrogen-bond acceptors (Lipinski definition) is 6. The van der Waals surface area contributed by atoms with Gasteiger partial charge in [-0.05, 0) is 67.6 Å². The van der Waals surface area contributed by atoms with E-state index in [0.717, 1.165) is 4.90 Å². The van der Waals surface area contributed by atoms with Gasteiger partial charge in [0.25, 0.3) is 10.0 Å². The van der Waals surface area contributed by atoms with Crippen LogP contribution in [-0.2, 0) is 14.8 Å². The monoisotopic (exact) mass is 506 g/mol. The third kappa shape index (κ3) is 6.56.